The Kier molecular flexibility index (Phi) is 5.75. The highest BCUT2D eigenvalue weighted by atomic mass is 19.1. The summed E-state index contributed by atoms with van der Waals surface area (Å²) in [5.74, 6) is -0.191. The van der Waals surface area contributed by atoms with Crippen LogP contribution in [0, 0.1) is 5.82 Å². The molecule has 6 rings (SSSR count). The number of rotatable bonds is 4. The van der Waals surface area contributed by atoms with Crippen LogP contribution in [0.4, 0.5) is 14.9 Å². The smallest absolute Gasteiger partial charge is 0.342 e. The highest BCUT2D eigenvalue weighted by molar-refractivity contribution is 6.01. The van der Waals surface area contributed by atoms with Gasteiger partial charge in [-0.3, -0.25) is 19.8 Å². The van der Waals surface area contributed by atoms with E-state index in [1.807, 2.05) is 18.2 Å². The lowest BCUT2D eigenvalue weighted by Crippen LogP contribution is -2.56. The number of urea groups is 1. The maximum Gasteiger partial charge on any atom is 0.342 e. The summed E-state index contributed by atoms with van der Waals surface area (Å²) in [6.07, 6.45) is 2.20. The van der Waals surface area contributed by atoms with Crippen molar-refractivity contribution in [3.05, 3.63) is 58.9 Å². The van der Waals surface area contributed by atoms with E-state index in [2.05, 4.69) is 21.2 Å². The monoisotopic (exact) mass is 493 g/mol. The minimum atomic E-state index is -0.552. The van der Waals surface area contributed by atoms with Gasteiger partial charge in [0.1, 0.15) is 18.2 Å². The third kappa shape index (κ3) is 4.15. The van der Waals surface area contributed by atoms with Gasteiger partial charge in [-0.05, 0) is 42.2 Å². The Labute approximate surface area is 208 Å². The molecule has 1 N–H and O–H groups in total. The maximum atomic E-state index is 13.6. The fourth-order valence-corrected chi connectivity index (χ4v) is 5.68. The van der Waals surface area contributed by atoms with Crippen LogP contribution in [0.3, 0.4) is 0 Å². The molecular weight excluding hydrogens is 465 g/mol. The number of anilines is 1. The number of piperidine rings is 1. The fraction of sp³-hybridized carbons (Fsp3) is 0.423. The van der Waals surface area contributed by atoms with E-state index < -0.39 is 6.03 Å². The number of hydrazine groups is 1. The van der Waals surface area contributed by atoms with Gasteiger partial charge in [0.05, 0.1) is 25.3 Å². The molecule has 2 saturated heterocycles. The Bertz CT molecular complexity index is 1230. The van der Waals surface area contributed by atoms with Crippen molar-refractivity contribution in [3.8, 4) is 5.75 Å². The molecule has 0 aromatic heterocycles. The molecular formula is C26H28FN5O4. The number of imide groups is 1. The summed E-state index contributed by atoms with van der Waals surface area (Å²) in [5.41, 5.74) is 3.60. The van der Waals surface area contributed by atoms with Gasteiger partial charge in [0, 0.05) is 43.7 Å². The molecule has 4 aliphatic heterocycles. The molecule has 2 fully saturated rings. The first kappa shape index (κ1) is 22.8. The fourth-order valence-electron chi connectivity index (χ4n) is 5.68. The van der Waals surface area contributed by atoms with Crippen molar-refractivity contribution in [2.45, 2.75) is 38.4 Å². The second-order valence-electron chi connectivity index (χ2n) is 9.74. The first-order chi connectivity index (χ1) is 17.5. The minimum absolute atomic E-state index is 0.181. The Morgan fingerprint density at radius 1 is 0.972 bits per heavy atom. The normalized spacial score (nSPS) is 20.8. The van der Waals surface area contributed by atoms with E-state index >= 15 is 0 Å². The van der Waals surface area contributed by atoms with Gasteiger partial charge >= 0.3 is 6.03 Å². The predicted molar refractivity (Wildman–Crippen MR) is 129 cm³/mol. The van der Waals surface area contributed by atoms with Gasteiger partial charge in [-0.2, -0.15) is 0 Å². The molecule has 4 amide bonds. The van der Waals surface area contributed by atoms with Crippen LogP contribution in [-0.4, -0.2) is 71.6 Å². The van der Waals surface area contributed by atoms with Crippen molar-refractivity contribution in [1.29, 1.82) is 0 Å². The molecule has 0 atom stereocenters. The number of nitrogens with one attached hydrogen (secondary N) is 1. The summed E-state index contributed by atoms with van der Waals surface area (Å²) in [6.45, 7) is 4.58. The van der Waals surface area contributed by atoms with Crippen LogP contribution in [0.2, 0.25) is 0 Å². The summed E-state index contributed by atoms with van der Waals surface area (Å²) in [7, 11) is 0. The minimum Gasteiger partial charge on any atom is -0.489 e. The molecule has 36 heavy (non-hydrogen) atoms. The Hall–Kier alpha value is -3.66. The molecule has 9 nitrogen and oxygen atoms in total. The molecule has 0 spiro atoms. The number of nitrogens with zero attached hydrogens (tertiary/aromatic N) is 4. The largest absolute Gasteiger partial charge is 0.489 e. The SMILES string of the molecule is O=C1CCN(N2Cc3cc(CN4CCC(N5CCOc6cc(F)ccc65)CC4)ccc3C2=O)C(=O)N1. The zero-order valence-electron chi connectivity index (χ0n) is 19.9. The molecule has 10 heteroatoms. The van der Waals surface area contributed by atoms with E-state index in [9.17, 15) is 18.8 Å². The predicted octanol–water partition coefficient (Wildman–Crippen LogP) is 2.50. The second-order valence-corrected chi connectivity index (χ2v) is 9.74. The first-order valence-corrected chi connectivity index (χ1v) is 12.4. The lowest BCUT2D eigenvalue weighted by molar-refractivity contribution is -0.123. The molecule has 0 aliphatic carbocycles. The number of carbonyl (C=O) groups excluding carboxylic acids is 3. The van der Waals surface area contributed by atoms with Gasteiger partial charge in [-0.25, -0.2) is 19.2 Å². The average molecular weight is 494 g/mol. The molecule has 2 aromatic carbocycles. The average Bonchev–Trinajstić information content (AvgIpc) is 3.19. The number of carbonyl (C=O) groups is 3. The lowest BCUT2D eigenvalue weighted by Gasteiger charge is -2.42. The van der Waals surface area contributed by atoms with Crippen molar-refractivity contribution < 1.29 is 23.5 Å². The quantitative estimate of drug-likeness (QED) is 0.705. The van der Waals surface area contributed by atoms with E-state index in [4.69, 9.17) is 4.74 Å². The molecule has 4 aliphatic rings. The Balaban J connectivity index is 1.08. The topological polar surface area (TPSA) is 85.4 Å². The maximum absolute atomic E-state index is 13.6. The molecule has 0 bridgehead atoms. The number of amides is 4. The van der Waals surface area contributed by atoms with Crippen molar-refractivity contribution in [1.82, 2.24) is 20.2 Å². The van der Waals surface area contributed by atoms with E-state index in [0.717, 1.165) is 55.8 Å². The van der Waals surface area contributed by atoms with E-state index in [1.54, 1.807) is 0 Å². The standard InChI is InChI=1S/C26H28FN5O4/c27-19-2-4-22-23(14-19)36-12-11-30(22)20-5-8-29(9-6-20)15-17-1-3-21-18(13-17)16-32(25(21)34)31-10-7-24(33)28-26(31)35/h1-4,13-14,20H,5-12,15-16H2,(H,28,33,35). The Morgan fingerprint density at radius 2 is 1.81 bits per heavy atom. The van der Waals surface area contributed by atoms with Crippen LogP contribution in [0.1, 0.15) is 40.7 Å². The lowest BCUT2D eigenvalue weighted by atomic mass is 10.00. The number of fused-ring (bicyclic) bond motifs is 2. The summed E-state index contributed by atoms with van der Waals surface area (Å²) < 4.78 is 19.3. The highest BCUT2D eigenvalue weighted by Gasteiger charge is 2.37. The number of hydrogen-bond donors (Lipinski definition) is 1. The highest BCUT2D eigenvalue weighted by Crippen LogP contribution is 2.35. The van der Waals surface area contributed by atoms with Gasteiger partial charge in [-0.1, -0.05) is 12.1 Å². The summed E-state index contributed by atoms with van der Waals surface area (Å²) >= 11 is 0. The van der Waals surface area contributed by atoms with Crippen LogP contribution in [0.15, 0.2) is 36.4 Å². The number of hydrogen-bond acceptors (Lipinski definition) is 6. The third-order valence-electron chi connectivity index (χ3n) is 7.50. The summed E-state index contributed by atoms with van der Waals surface area (Å²) in [4.78, 5) is 41.3. The van der Waals surface area contributed by atoms with E-state index in [-0.39, 0.29) is 30.6 Å². The van der Waals surface area contributed by atoms with E-state index in [1.165, 1.54) is 22.2 Å². The second kappa shape index (κ2) is 9.09. The molecule has 4 heterocycles. The van der Waals surface area contributed by atoms with Crippen LogP contribution in [0.25, 0.3) is 0 Å². The van der Waals surface area contributed by atoms with Crippen LogP contribution >= 0.6 is 0 Å². The van der Waals surface area contributed by atoms with Crippen molar-refractivity contribution in [3.63, 3.8) is 0 Å². The van der Waals surface area contributed by atoms with Crippen molar-refractivity contribution in [2.75, 3.05) is 37.7 Å². The number of benzene rings is 2. The third-order valence-corrected chi connectivity index (χ3v) is 7.50. The van der Waals surface area contributed by atoms with Gasteiger partial charge in [0.15, 0.2) is 0 Å². The van der Waals surface area contributed by atoms with Crippen LogP contribution in [0.5, 0.6) is 5.75 Å². The van der Waals surface area contributed by atoms with Gasteiger partial charge in [0.2, 0.25) is 5.91 Å². The summed E-state index contributed by atoms with van der Waals surface area (Å²) in [6, 6.07) is 10.5. The zero-order chi connectivity index (χ0) is 24.8. The van der Waals surface area contributed by atoms with Crippen molar-refractivity contribution >= 4 is 23.5 Å². The number of ether oxygens (including phenoxy) is 1. The molecule has 188 valence electrons. The molecule has 0 radical (unpaired) electrons. The Morgan fingerprint density at radius 3 is 2.61 bits per heavy atom. The van der Waals surface area contributed by atoms with Gasteiger partial charge in [-0.15, -0.1) is 0 Å². The summed E-state index contributed by atoms with van der Waals surface area (Å²) in [5, 5.41) is 5.02. The van der Waals surface area contributed by atoms with Crippen molar-refractivity contribution in [2.24, 2.45) is 0 Å². The van der Waals surface area contributed by atoms with Crippen LogP contribution in [-0.2, 0) is 17.9 Å². The van der Waals surface area contributed by atoms with E-state index in [0.29, 0.717) is 30.5 Å². The van der Waals surface area contributed by atoms with Gasteiger partial charge < -0.3 is 9.64 Å². The number of halogens is 1. The number of likely N-dealkylation sites (tertiary alicyclic amines) is 1. The van der Waals surface area contributed by atoms with Gasteiger partial charge in [0.25, 0.3) is 5.91 Å². The van der Waals surface area contributed by atoms with Crippen LogP contribution < -0.4 is 15.0 Å². The first-order valence-electron chi connectivity index (χ1n) is 12.4. The molecule has 0 unspecified atom stereocenters. The zero-order valence-corrected chi connectivity index (χ0v) is 19.9. The molecule has 0 saturated carbocycles. The molecule has 2 aromatic rings.